The minimum atomic E-state index is -0.817. The minimum Gasteiger partial charge on any atom is -0.396 e. The predicted octanol–water partition coefficient (Wildman–Crippen LogP) is 1.75. The van der Waals surface area contributed by atoms with Crippen LogP contribution >= 0.6 is 0 Å². The zero-order valence-electron chi connectivity index (χ0n) is 16.4. The molecule has 28 heavy (non-hydrogen) atoms. The highest BCUT2D eigenvalue weighted by Crippen LogP contribution is 2.31. The number of nitrogens with zero attached hydrogens (tertiary/aromatic N) is 2. The summed E-state index contributed by atoms with van der Waals surface area (Å²) in [5.41, 5.74) is 0.680. The molecule has 1 aromatic rings. The van der Waals surface area contributed by atoms with E-state index in [0.29, 0.717) is 25.5 Å². The topological polar surface area (TPSA) is 69.1 Å². The molecule has 2 saturated heterocycles. The number of rotatable bonds is 7. The number of ether oxygens (including phenoxy) is 1. The number of benzene rings is 1. The average molecular weight is 396 g/mol. The zero-order valence-corrected chi connectivity index (χ0v) is 16.4. The van der Waals surface area contributed by atoms with Crippen LogP contribution in [0.2, 0.25) is 0 Å². The number of halogens is 2. The van der Waals surface area contributed by atoms with Crippen LogP contribution in [0, 0.1) is 23.0 Å². The Morgan fingerprint density at radius 2 is 2.21 bits per heavy atom. The lowest BCUT2D eigenvalue weighted by Gasteiger charge is -2.28. The molecular formula is C20H30F2N4O2. The molecule has 2 heterocycles. The molecule has 8 heteroatoms. The lowest BCUT2D eigenvalue weighted by molar-refractivity contribution is 0.127. The highest BCUT2D eigenvalue weighted by atomic mass is 19.2. The molecule has 3 N–H and O–H groups in total. The maximum atomic E-state index is 13.5. The summed E-state index contributed by atoms with van der Waals surface area (Å²) in [6, 6.07) is 4.06. The summed E-state index contributed by atoms with van der Waals surface area (Å²) >= 11 is 0. The van der Waals surface area contributed by atoms with Crippen LogP contribution < -0.4 is 15.5 Å². The molecule has 2 atom stereocenters. The molecule has 0 aromatic heterocycles. The fourth-order valence-electron chi connectivity index (χ4n) is 3.96. The van der Waals surface area contributed by atoms with Crippen LogP contribution in [0.1, 0.15) is 19.3 Å². The average Bonchev–Trinajstić information content (AvgIpc) is 3.35. The van der Waals surface area contributed by atoms with Gasteiger partial charge in [0.05, 0.1) is 6.61 Å². The van der Waals surface area contributed by atoms with Crippen LogP contribution in [0.15, 0.2) is 23.2 Å². The van der Waals surface area contributed by atoms with Gasteiger partial charge in [0.2, 0.25) is 0 Å². The van der Waals surface area contributed by atoms with Gasteiger partial charge in [-0.2, -0.15) is 0 Å². The Hall–Kier alpha value is -1.93. The third-order valence-electron chi connectivity index (χ3n) is 5.79. The molecule has 1 aromatic carbocycles. The van der Waals surface area contributed by atoms with Crippen molar-refractivity contribution in [1.29, 1.82) is 0 Å². The molecule has 3 rings (SSSR count). The predicted molar refractivity (Wildman–Crippen MR) is 106 cm³/mol. The third-order valence-corrected chi connectivity index (χ3v) is 5.79. The Balaban J connectivity index is 1.46. The van der Waals surface area contributed by atoms with Gasteiger partial charge in [0.15, 0.2) is 17.6 Å². The first-order valence-electron chi connectivity index (χ1n) is 9.88. The van der Waals surface area contributed by atoms with Crippen molar-refractivity contribution < 1.29 is 18.6 Å². The van der Waals surface area contributed by atoms with Crippen molar-refractivity contribution in [3.05, 3.63) is 29.8 Å². The van der Waals surface area contributed by atoms with Crippen LogP contribution in [-0.2, 0) is 4.74 Å². The number of hydrogen-bond donors (Lipinski definition) is 3. The summed E-state index contributed by atoms with van der Waals surface area (Å²) in [5.74, 6) is -0.498. The monoisotopic (exact) mass is 396 g/mol. The molecule has 156 valence electrons. The van der Waals surface area contributed by atoms with E-state index in [1.807, 2.05) is 0 Å². The summed E-state index contributed by atoms with van der Waals surface area (Å²) in [6.45, 7) is 4.61. The molecule has 2 aliphatic rings. The molecule has 6 nitrogen and oxygen atoms in total. The Bertz CT molecular complexity index is 680. The number of aliphatic hydroxyl groups is 1. The Labute approximate surface area is 165 Å². The van der Waals surface area contributed by atoms with Gasteiger partial charge in [0.25, 0.3) is 0 Å². The number of guanidine groups is 1. The van der Waals surface area contributed by atoms with Gasteiger partial charge >= 0.3 is 0 Å². The Morgan fingerprint density at radius 3 is 2.89 bits per heavy atom. The highest BCUT2D eigenvalue weighted by Gasteiger charge is 2.34. The largest absolute Gasteiger partial charge is 0.396 e. The first-order valence-corrected chi connectivity index (χ1v) is 9.88. The summed E-state index contributed by atoms with van der Waals surface area (Å²) in [4.78, 5) is 6.37. The summed E-state index contributed by atoms with van der Waals surface area (Å²) in [5, 5.41) is 16.1. The van der Waals surface area contributed by atoms with Crippen molar-refractivity contribution in [1.82, 2.24) is 10.6 Å². The van der Waals surface area contributed by atoms with E-state index >= 15 is 0 Å². The second kappa shape index (κ2) is 9.52. The fourth-order valence-corrected chi connectivity index (χ4v) is 3.96. The normalized spacial score (nSPS) is 25.4. The van der Waals surface area contributed by atoms with E-state index in [0.717, 1.165) is 50.7 Å². The van der Waals surface area contributed by atoms with E-state index in [-0.39, 0.29) is 12.0 Å². The first-order chi connectivity index (χ1) is 13.5. The van der Waals surface area contributed by atoms with Crippen molar-refractivity contribution in [2.75, 3.05) is 57.9 Å². The van der Waals surface area contributed by atoms with Crippen molar-refractivity contribution in [2.24, 2.45) is 16.3 Å². The van der Waals surface area contributed by atoms with Gasteiger partial charge in [0.1, 0.15) is 0 Å². The van der Waals surface area contributed by atoms with E-state index in [1.165, 1.54) is 12.1 Å². The van der Waals surface area contributed by atoms with Gasteiger partial charge in [0, 0.05) is 63.6 Å². The number of aliphatic imine (C=N–C) groups is 1. The van der Waals surface area contributed by atoms with Gasteiger partial charge in [-0.1, -0.05) is 0 Å². The van der Waals surface area contributed by atoms with Crippen molar-refractivity contribution in [3.8, 4) is 0 Å². The standard InChI is InChI=1S/C20H30F2N4O2/c1-23-19(25-13-20(5-8-27)6-9-28-14-20)24-11-15-4-7-26(12-15)16-2-3-17(21)18(22)10-16/h2-3,10,15,27H,4-9,11-14H2,1H3,(H2,23,24,25). The maximum Gasteiger partial charge on any atom is 0.191 e. The molecule has 0 aliphatic carbocycles. The van der Waals surface area contributed by atoms with Crippen LogP contribution in [0.4, 0.5) is 14.5 Å². The van der Waals surface area contributed by atoms with Crippen molar-refractivity contribution >= 4 is 11.6 Å². The Kier molecular flexibility index (Phi) is 7.07. The van der Waals surface area contributed by atoms with Crippen LogP contribution in [0.5, 0.6) is 0 Å². The van der Waals surface area contributed by atoms with Crippen molar-refractivity contribution in [3.63, 3.8) is 0 Å². The molecule has 0 saturated carbocycles. The molecule has 0 amide bonds. The van der Waals surface area contributed by atoms with E-state index in [4.69, 9.17) is 4.74 Å². The van der Waals surface area contributed by atoms with E-state index < -0.39 is 11.6 Å². The van der Waals surface area contributed by atoms with E-state index in [1.54, 1.807) is 13.1 Å². The van der Waals surface area contributed by atoms with Crippen LogP contribution in [0.25, 0.3) is 0 Å². The summed E-state index contributed by atoms with van der Waals surface area (Å²) in [7, 11) is 1.74. The lowest BCUT2D eigenvalue weighted by atomic mass is 9.84. The molecule has 0 radical (unpaired) electrons. The summed E-state index contributed by atoms with van der Waals surface area (Å²) < 4.78 is 32.1. The van der Waals surface area contributed by atoms with Gasteiger partial charge in [-0.25, -0.2) is 8.78 Å². The molecule has 0 spiro atoms. The van der Waals surface area contributed by atoms with Gasteiger partial charge in [-0.3, -0.25) is 4.99 Å². The second-order valence-corrected chi connectivity index (χ2v) is 7.78. The minimum absolute atomic E-state index is 0.0385. The number of aliphatic hydroxyl groups excluding tert-OH is 1. The second-order valence-electron chi connectivity index (χ2n) is 7.78. The molecule has 0 bridgehead atoms. The number of nitrogens with one attached hydrogen (secondary N) is 2. The zero-order chi connectivity index (χ0) is 20.0. The lowest BCUT2D eigenvalue weighted by Crippen LogP contribution is -2.45. The highest BCUT2D eigenvalue weighted by molar-refractivity contribution is 5.79. The molecule has 2 aliphatic heterocycles. The SMILES string of the molecule is CN=C(NCC1CCN(c2ccc(F)c(F)c2)C1)NCC1(CCO)CCOC1. The maximum absolute atomic E-state index is 13.5. The number of hydrogen-bond acceptors (Lipinski definition) is 4. The number of anilines is 1. The Morgan fingerprint density at radius 1 is 1.36 bits per heavy atom. The van der Waals surface area contributed by atoms with E-state index in [2.05, 4.69) is 20.5 Å². The quantitative estimate of drug-likeness (QED) is 0.484. The van der Waals surface area contributed by atoms with Gasteiger partial charge < -0.3 is 25.4 Å². The smallest absolute Gasteiger partial charge is 0.191 e. The molecular weight excluding hydrogens is 366 g/mol. The summed E-state index contributed by atoms with van der Waals surface area (Å²) in [6.07, 6.45) is 2.62. The van der Waals surface area contributed by atoms with E-state index in [9.17, 15) is 13.9 Å². The molecule has 2 unspecified atom stereocenters. The third kappa shape index (κ3) is 5.11. The van der Waals surface area contributed by atoms with Crippen molar-refractivity contribution in [2.45, 2.75) is 19.3 Å². The first kappa shape index (κ1) is 20.8. The van der Waals surface area contributed by atoms with Gasteiger partial charge in [-0.15, -0.1) is 0 Å². The van der Waals surface area contributed by atoms with Crippen LogP contribution in [-0.4, -0.2) is 64.1 Å². The fraction of sp³-hybridized carbons (Fsp3) is 0.650. The molecule has 2 fully saturated rings. The van der Waals surface area contributed by atoms with Crippen LogP contribution in [0.3, 0.4) is 0 Å². The van der Waals surface area contributed by atoms with Gasteiger partial charge in [-0.05, 0) is 37.3 Å².